The Morgan fingerprint density at radius 3 is 2.35 bits per heavy atom. The molecular weight excluding hydrogens is 384 g/mol. The first-order valence-electron chi connectivity index (χ1n) is 12.5. The predicted octanol–water partition coefficient (Wildman–Crippen LogP) is 6.07. The van der Waals surface area contributed by atoms with Crippen LogP contribution in [0.5, 0.6) is 5.75 Å². The Morgan fingerprint density at radius 1 is 1.03 bits per heavy atom. The van der Waals surface area contributed by atoms with Crippen LogP contribution in [0.4, 0.5) is 0 Å². The minimum Gasteiger partial charge on any atom is -0.506 e. The summed E-state index contributed by atoms with van der Waals surface area (Å²) in [4.78, 5) is 18.5. The van der Waals surface area contributed by atoms with Crippen LogP contribution in [0.25, 0.3) is 10.9 Å². The van der Waals surface area contributed by atoms with Gasteiger partial charge in [0.2, 0.25) is 0 Å². The molecule has 4 aliphatic carbocycles. The van der Waals surface area contributed by atoms with Crippen LogP contribution in [0, 0.1) is 17.8 Å². The van der Waals surface area contributed by atoms with Crippen LogP contribution in [0.2, 0.25) is 0 Å². The standard InChI is InChI=1S/C27H36N2O2/c1-2-3-4-5-8-11-29-24-10-7-6-9-22(24)25(30)23(26(29)31)18-28-27-15-19-12-20(16-27)14-21(13-19)17-27/h6-7,9-10,18-21,30H,2-5,8,11-17H2,1H3. The highest BCUT2D eigenvalue weighted by Gasteiger charge is 2.50. The van der Waals surface area contributed by atoms with E-state index in [0.29, 0.717) is 12.1 Å². The van der Waals surface area contributed by atoms with Crippen LogP contribution in [0.15, 0.2) is 34.1 Å². The van der Waals surface area contributed by atoms with E-state index in [0.717, 1.165) is 60.8 Å². The van der Waals surface area contributed by atoms with Gasteiger partial charge in [0, 0.05) is 18.1 Å². The average Bonchev–Trinajstić information content (AvgIpc) is 2.74. The highest BCUT2D eigenvalue weighted by Crippen LogP contribution is 2.57. The minimum atomic E-state index is -0.0971. The van der Waals surface area contributed by atoms with Gasteiger partial charge in [0.05, 0.1) is 11.1 Å². The van der Waals surface area contributed by atoms with Crippen molar-refractivity contribution in [1.29, 1.82) is 0 Å². The van der Waals surface area contributed by atoms with Gasteiger partial charge in [0.1, 0.15) is 11.3 Å². The molecule has 0 saturated heterocycles. The zero-order chi connectivity index (χ0) is 21.4. The van der Waals surface area contributed by atoms with E-state index in [4.69, 9.17) is 4.99 Å². The summed E-state index contributed by atoms with van der Waals surface area (Å²) in [6.45, 7) is 2.91. The Morgan fingerprint density at radius 2 is 1.68 bits per heavy atom. The zero-order valence-electron chi connectivity index (χ0n) is 18.9. The Bertz CT molecular complexity index is 1000. The lowest BCUT2D eigenvalue weighted by Gasteiger charge is -2.54. The monoisotopic (exact) mass is 420 g/mol. The van der Waals surface area contributed by atoms with Crippen molar-refractivity contribution >= 4 is 17.1 Å². The van der Waals surface area contributed by atoms with E-state index in [2.05, 4.69) is 6.92 Å². The lowest BCUT2D eigenvalue weighted by molar-refractivity contribution is 0.00194. The predicted molar refractivity (Wildman–Crippen MR) is 127 cm³/mol. The van der Waals surface area contributed by atoms with Gasteiger partial charge >= 0.3 is 0 Å². The number of nitrogens with zero attached hydrogens (tertiary/aromatic N) is 2. The van der Waals surface area contributed by atoms with Gasteiger partial charge in [-0.2, -0.15) is 0 Å². The van der Waals surface area contributed by atoms with E-state index in [1.807, 2.05) is 28.8 Å². The molecule has 1 aromatic carbocycles. The topological polar surface area (TPSA) is 54.6 Å². The Kier molecular flexibility index (Phi) is 5.66. The van der Waals surface area contributed by atoms with Crippen LogP contribution in [-0.4, -0.2) is 21.4 Å². The number of benzene rings is 1. The SMILES string of the molecule is CCCCCCCn1c(=O)c(C=NC23CC4CC(CC(C4)C2)C3)c(O)c2ccccc21. The van der Waals surface area contributed by atoms with Crippen LogP contribution < -0.4 is 5.56 Å². The van der Waals surface area contributed by atoms with E-state index < -0.39 is 0 Å². The van der Waals surface area contributed by atoms with Crippen molar-refractivity contribution < 1.29 is 5.11 Å². The summed E-state index contributed by atoms with van der Waals surface area (Å²) in [7, 11) is 0. The van der Waals surface area contributed by atoms with Crippen LogP contribution >= 0.6 is 0 Å². The first-order valence-corrected chi connectivity index (χ1v) is 12.5. The molecule has 4 saturated carbocycles. The molecule has 0 spiro atoms. The van der Waals surface area contributed by atoms with Crippen molar-refractivity contribution in [2.45, 2.75) is 89.6 Å². The Hall–Kier alpha value is -2.10. The van der Waals surface area contributed by atoms with Crippen molar-refractivity contribution in [3.05, 3.63) is 40.2 Å². The quantitative estimate of drug-likeness (QED) is 0.416. The number of aliphatic imine (C=N–C) groups is 1. The average molecular weight is 421 g/mol. The summed E-state index contributed by atoms with van der Waals surface area (Å²) in [6, 6.07) is 7.73. The maximum Gasteiger partial charge on any atom is 0.263 e. The van der Waals surface area contributed by atoms with E-state index in [1.165, 1.54) is 38.5 Å². The Labute approximate surface area is 185 Å². The molecule has 1 aromatic heterocycles. The molecule has 0 amide bonds. The maximum atomic E-state index is 13.5. The summed E-state index contributed by atoms with van der Waals surface area (Å²) in [5, 5.41) is 11.8. The van der Waals surface area contributed by atoms with Crippen molar-refractivity contribution in [2.24, 2.45) is 22.7 Å². The molecule has 1 N–H and O–H groups in total. The number of hydrogen-bond acceptors (Lipinski definition) is 3. The number of fused-ring (bicyclic) bond motifs is 1. The lowest BCUT2D eigenvalue weighted by atomic mass is 9.53. The van der Waals surface area contributed by atoms with Gasteiger partial charge in [-0.3, -0.25) is 9.79 Å². The number of aromatic nitrogens is 1. The summed E-state index contributed by atoms with van der Waals surface area (Å²) < 4.78 is 1.86. The summed E-state index contributed by atoms with van der Waals surface area (Å²) in [5.41, 5.74) is 1.11. The molecule has 2 aromatic rings. The summed E-state index contributed by atoms with van der Waals surface area (Å²) >= 11 is 0. The smallest absolute Gasteiger partial charge is 0.263 e. The van der Waals surface area contributed by atoms with Gasteiger partial charge in [-0.05, 0) is 74.8 Å². The van der Waals surface area contributed by atoms with Crippen LogP contribution in [0.3, 0.4) is 0 Å². The van der Waals surface area contributed by atoms with Gasteiger partial charge in [-0.15, -0.1) is 0 Å². The lowest BCUT2D eigenvalue weighted by Crippen LogP contribution is -2.49. The van der Waals surface area contributed by atoms with E-state index in [1.54, 1.807) is 6.21 Å². The molecule has 4 bridgehead atoms. The third-order valence-corrected chi connectivity index (χ3v) is 8.14. The molecule has 0 unspecified atom stereocenters. The van der Waals surface area contributed by atoms with Crippen LogP contribution in [-0.2, 0) is 6.54 Å². The first kappa shape index (κ1) is 20.8. The third-order valence-electron chi connectivity index (χ3n) is 8.14. The molecule has 0 atom stereocenters. The van der Waals surface area contributed by atoms with Gasteiger partial charge in [-0.1, -0.05) is 44.7 Å². The molecule has 0 radical (unpaired) electrons. The highest BCUT2D eigenvalue weighted by molar-refractivity contribution is 5.95. The fraction of sp³-hybridized carbons (Fsp3) is 0.630. The molecule has 4 aliphatic rings. The number of aryl methyl sites for hydroxylation is 1. The highest BCUT2D eigenvalue weighted by atomic mass is 16.3. The van der Waals surface area contributed by atoms with Crippen molar-refractivity contribution in [3.8, 4) is 5.75 Å². The van der Waals surface area contributed by atoms with E-state index in [-0.39, 0.29) is 16.8 Å². The first-order chi connectivity index (χ1) is 15.1. The van der Waals surface area contributed by atoms with Gasteiger partial charge < -0.3 is 9.67 Å². The molecule has 4 fully saturated rings. The molecule has 166 valence electrons. The fourth-order valence-electron chi connectivity index (χ4n) is 7.05. The number of pyridine rings is 1. The molecular formula is C27H36N2O2. The molecule has 1 heterocycles. The fourth-order valence-corrected chi connectivity index (χ4v) is 7.05. The van der Waals surface area contributed by atoms with Gasteiger partial charge in [-0.25, -0.2) is 0 Å². The van der Waals surface area contributed by atoms with Crippen molar-refractivity contribution in [1.82, 2.24) is 4.57 Å². The number of para-hydroxylation sites is 1. The zero-order valence-corrected chi connectivity index (χ0v) is 18.9. The number of rotatable bonds is 8. The molecule has 4 heteroatoms. The summed E-state index contributed by atoms with van der Waals surface area (Å²) in [6.07, 6.45) is 15.1. The van der Waals surface area contributed by atoms with Crippen molar-refractivity contribution in [2.75, 3.05) is 0 Å². The molecule has 0 aliphatic heterocycles. The maximum absolute atomic E-state index is 13.5. The molecule has 4 nitrogen and oxygen atoms in total. The van der Waals surface area contributed by atoms with Gasteiger partial charge in [0.25, 0.3) is 5.56 Å². The molecule has 6 rings (SSSR count). The largest absolute Gasteiger partial charge is 0.506 e. The van der Waals surface area contributed by atoms with Crippen LogP contribution in [0.1, 0.15) is 83.1 Å². The minimum absolute atomic E-state index is 0.00422. The number of aromatic hydroxyl groups is 1. The second kappa shape index (κ2) is 8.44. The van der Waals surface area contributed by atoms with Gasteiger partial charge in [0.15, 0.2) is 0 Å². The number of hydrogen-bond donors (Lipinski definition) is 1. The number of unbranched alkanes of at least 4 members (excludes halogenated alkanes) is 4. The molecule has 31 heavy (non-hydrogen) atoms. The van der Waals surface area contributed by atoms with E-state index >= 15 is 0 Å². The van der Waals surface area contributed by atoms with E-state index in [9.17, 15) is 9.90 Å². The third kappa shape index (κ3) is 3.94. The second-order valence-electron chi connectivity index (χ2n) is 10.6. The second-order valence-corrected chi connectivity index (χ2v) is 10.6. The Balaban J connectivity index is 1.47. The summed E-state index contributed by atoms with van der Waals surface area (Å²) in [5.74, 6) is 2.53. The normalized spacial score (nSPS) is 29.4. The van der Waals surface area contributed by atoms with Crippen molar-refractivity contribution in [3.63, 3.8) is 0 Å².